The molecule has 0 aliphatic carbocycles. The quantitative estimate of drug-likeness (QED) is 0.388. The van der Waals surface area contributed by atoms with Crippen LogP contribution in [-0.4, -0.2) is 40.6 Å². The molecular formula is C24H27F2N3O6. The number of Topliss-reactive ketones (excluding diaryl/α,β-unsaturated/α-hetero) is 1. The third-order valence-corrected chi connectivity index (χ3v) is 6.31. The van der Waals surface area contributed by atoms with Gasteiger partial charge in [-0.05, 0) is 19.4 Å². The van der Waals surface area contributed by atoms with Crippen molar-refractivity contribution >= 4 is 11.7 Å². The number of unbranched alkanes of at least 4 members (excludes halogenated alkanes) is 1. The van der Waals surface area contributed by atoms with Gasteiger partial charge in [-0.15, -0.1) is 0 Å². The van der Waals surface area contributed by atoms with Crippen LogP contribution in [-0.2, 0) is 17.8 Å². The zero-order valence-corrected chi connectivity index (χ0v) is 19.5. The van der Waals surface area contributed by atoms with Gasteiger partial charge in [0, 0.05) is 24.4 Å². The number of carbonyl (C=O) groups excluding carboxylic acids is 2. The van der Waals surface area contributed by atoms with Crippen LogP contribution in [0.25, 0.3) is 0 Å². The number of hydrogen-bond donors (Lipinski definition) is 2. The highest BCUT2D eigenvalue weighted by Gasteiger charge is 2.48. The molecule has 0 bridgehead atoms. The van der Waals surface area contributed by atoms with Crippen LogP contribution in [0.4, 0.5) is 8.78 Å². The fourth-order valence-electron chi connectivity index (χ4n) is 4.21. The summed E-state index contributed by atoms with van der Waals surface area (Å²) >= 11 is 0. The van der Waals surface area contributed by atoms with Crippen molar-refractivity contribution in [1.82, 2.24) is 9.88 Å². The molecule has 35 heavy (non-hydrogen) atoms. The van der Waals surface area contributed by atoms with Gasteiger partial charge in [0.05, 0.1) is 24.7 Å². The second-order valence-corrected chi connectivity index (χ2v) is 8.70. The molecule has 1 aliphatic rings. The van der Waals surface area contributed by atoms with Crippen LogP contribution in [0.5, 0.6) is 5.75 Å². The minimum absolute atomic E-state index is 0.00107. The monoisotopic (exact) mass is 491 g/mol. The lowest BCUT2D eigenvalue weighted by Crippen LogP contribution is -2.50. The topological polar surface area (TPSA) is 127 Å². The average Bonchev–Trinajstić information content (AvgIpc) is 2.82. The maximum Gasteiger partial charge on any atom is 0.257 e. The van der Waals surface area contributed by atoms with Crippen LogP contribution in [0.15, 0.2) is 34.4 Å². The van der Waals surface area contributed by atoms with E-state index in [1.807, 2.05) is 6.92 Å². The number of halogens is 2. The summed E-state index contributed by atoms with van der Waals surface area (Å²) in [6.45, 7) is 3.24. The number of ether oxygens (including phenoxy) is 1. The molecular weight excluding hydrogens is 464 g/mol. The van der Waals surface area contributed by atoms with Gasteiger partial charge in [0.1, 0.15) is 29.4 Å². The maximum atomic E-state index is 13.9. The molecule has 0 fully saturated rings. The molecule has 9 nitrogen and oxygen atoms in total. The van der Waals surface area contributed by atoms with E-state index in [9.17, 15) is 33.2 Å². The van der Waals surface area contributed by atoms with Crippen molar-refractivity contribution in [1.29, 1.82) is 0 Å². The molecule has 11 heteroatoms. The Morgan fingerprint density at radius 3 is 2.74 bits per heavy atom. The number of aromatic nitrogens is 1. The molecule has 188 valence electrons. The van der Waals surface area contributed by atoms with Crippen molar-refractivity contribution in [2.75, 3.05) is 13.2 Å². The SMILES string of the molecule is CCCCC1(C)C(=O)c2c(O)c(=O)c(C(=O)NCc3ccc(F)cc3F)cn2CC1OCCN=O. The molecule has 0 saturated heterocycles. The summed E-state index contributed by atoms with van der Waals surface area (Å²) in [6, 6.07) is 2.86. The molecule has 3 rings (SSSR count). The Morgan fingerprint density at radius 2 is 2.09 bits per heavy atom. The maximum absolute atomic E-state index is 13.9. The van der Waals surface area contributed by atoms with Crippen molar-refractivity contribution in [2.24, 2.45) is 10.6 Å². The highest BCUT2D eigenvalue weighted by atomic mass is 19.1. The standard InChI is InChI=1S/C24H27F2N3O6/c1-3-4-7-24(2)18(35-9-8-28-34)13-29-12-16(20(30)21(31)19(29)22(24)32)23(33)27-11-14-5-6-15(25)10-17(14)26/h5-6,10,12,18,31H,3-4,7-9,11,13H2,1-2H3,(H,27,33). The van der Waals surface area contributed by atoms with E-state index < -0.39 is 51.6 Å². The number of nitrogens with zero attached hydrogens (tertiary/aromatic N) is 2. The third kappa shape index (κ3) is 5.29. The molecule has 1 aromatic carbocycles. The van der Waals surface area contributed by atoms with Crippen LogP contribution in [0.1, 0.15) is 59.5 Å². The lowest BCUT2D eigenvalue weighted by molar-refractivity contribution is -0.0403. The van der Waals surface area contributed by atoms with Gasteiger partial charge >= 0.3 is 0 Å². The Balaban J connectivity index is 1.93. The van der Waals surface area contributed by atoms with Crippen molar-refractivity contribution in [3.8, 4) is 5.75 Å². The smallest absolute Gasteiger partial charge is 0.257 e. The van der Waals surface area contributed by atoms with Gasteiger partial charge in [-0.2, -0.15) is 4.91 Å². The predicted molar refractivity (Wildman–Crippen MR) is 122 cm³/mol. The Morgan fingerprint density at radius 1 is 1.34 bits per heavy atom. The Labute approximate surface area is 200 Å². The molecule has 2 heterocycles. The number of amides is 1. The molecule has 1 amide bonds. The molecule has 0 spiro atoms. The van der Waals surface area contributed by atoms with Crippen LogP contribution in [0.2, 0.25) is 0 Å². The minimum atomic E-state index is -1.06. The minimum Gasteiger partial charge on any atom is -0.503 e. The summed E-state index contributed by atoms with van der Waals surface area (Å²) in [5.41, 5.74) is -2.77. The molecule has 2 atom stereocenters. The lowest BCUT2D eigenvalue weighted by Gasteiger charge is -2.41. The highest BCUT2D eigenvalue weighted by Crippen LogP contribution is 2.40. The number of hydrogen-bond acceptors (Lipinski definition) is 7. The van der Waals surface area contributed by atoms with E-state index in [0.29, 0.717) is 18.9 Å². The number of pyridine rings is 1. The number of benzene rings is 1. The number of rotatable bonds is 10. The molecule has 0 saturated carbocycles. The molecule has 2 aromatic rings. The van der Waals surface area contributed by atoms with Crippen LogP contribution in [0, 0.1) is 22.0 Å². The first-order valence-electron chi connectivity index (χ1n) is 11.3. The molecule has 0 radical (unpaired) electrons. The van der Waals surface area contributed by atoms with E-state index >= 15 is 0 Å². The normalized spacial score (nSPS) is 19.3. The predicted octanol–water partition coefficient (Wildman–Crippen LogP) is 3.31. The van der Waals surface area contributed by atoms with E-state index in [1.54, 1.807) is 6.92 Å². The van der Waals surface area contributed by atoms with Gasteiger partial charge in [0.15, 0.2) is 11.5 Å². The fraction of sp³-hybridized carbons (Fsp3) is 0.458. The molecule has 2 unspecified atom stereocenters. The second-order valence-electron chi connectivity index (χ2n) is 8.70. The summed E-state index contributed by atoms with van der Waals surface area (Å²) in [7, 11) is 0. The summed E-state index contributed by atoms with van der Waals surface area (Å²) in [4.78, 5) is 49.4. The number of nitrogens with one attached hydrogen (secondary N) is 1. The van der Waals surface area contributed by atoms with Crippen molar-refractivity contribution < 1.29 is 28.2 Å². The lowest BCUT2D eigenvalue weighted by atomic mass is 9.72. The summed E-state index contributed by atoms with van der Waals surface area (Å²) in [6.07, 6.45) is 2.39. The first kappa shape index (κ1) is 26.1. The van der Waals surface area contributed by atoms with Gasteiger partial charge in [0.2, 0.25) is 5.43 Å². The first-order valence-corrected chi connectivity index (χ1v) is 11.3. The fourth-order valence-corrected chi connectivity index (χ4v) is 4.21. The number of carbonyl (C=O) groups is 2. The van der Waals surface area contributed by atoms with Crippen molar-refractivity contribution in [3.05, 3.63) is 68.0 Å². The summed E-state index contributed by atoms with van der Waals surface area (Å²) in [5, 5.41) is 15.8. The van der Waals surface area contributed by atoms with Gasteiger partial charge in [-0.1, -0.05) is 31.0 Å². The number of ketones is 1. The zero-order chi connectivity index (χ0) is 25.8. The van der Waals surface area contributed by atoms with E-state index in [4.69, 9.17) is 4.74 Å². The van der Waals surface area contributed by atoms with Gasteiger partial charge < -0.3 is 19.7 Å². The van der Waals surface area contributed by atoms with E-state index in [2.05, 4.69) is 10.5 Å². The van der Waals surface area contributed by atoms with Crippen molar-refractivity contribution in [2.45, 2.75) is 52.3 Å². The zero-order valence-electron chi connectivity index (χ0n) is 19.5. The van der Waals surface area contributed by atoms with E-state index in [-0.39, 0.29) is 37.5 Å². The second kappa shape index (κ2) is 10.9. The van der Waals surface area contributed by atoms with Crippen LogP contribution >= 0.6 is 0 Å². The molecule has 1 aromatic heterocycles. The van der Waals surface area contributed by atoms with Gasteiger partial charge in [-0.25, -0.2) is 8.78 Å². The van der Waals surface area contributed by atoms with Crippen LogP contribution in [0.3, 0.4) is 0 Å². The average molecular weight is 491 g/mol. The van der Waals surface area contributed by atoms with Crippen molar-refractivity contribution in [3.63, 3.8) is 0 Å². The Hall–Kier alpha value is -3.47. The van der Waals surface area contributed by atoms with Gasteiger partial charge in [0.25, 0.3) is 5.91 Å². The third-order valence-electron chi connectivity index (χ3n) is 6.31. The molecule has 2 N–H and O–H groups in total. The van der Waals surface area contributed by atoms with E-state index in [1.165, 1.54) is 4.57 Å². The Kier molecular flexibility index (Phi) is 8.11. The molecule has 1 aliphatic heterocycles. The first-order chi connectivity index (χ1) is 16.6. The number of fused-ring (bicyclic) bond motifs is 1. The summed E-state index contributed by atoms with van der Waals surface area (Å²) < 4.78 is 34.1. The van der Waals surface area contributed by atoms with Crippen LogP contribution < -0.4 is 10.7 Å². The largest absolute Gasteiger partial charge is 0.503 e. The number of nitroso groups, excluding NO2 is 1. The highest BCUT2D eigenvalue weighted by molar-refractivity contribution is 6.03. The Bertz CT molecular complexity index is 1200. The number of aromatic hydroxyl groups is 1. The van der Waals surface area contributed by atoms with Gasteiger partial charge in [-0.3, -0.25) is 14.4 Å². The van der Waals surface area contributed by atoms with E-state index in [0.717, 1.165) is 24.8 Å². The summed E-state index contributed by atoms with van der Waals surface area (Å²) in [5.74, 6) is -3.90.